The van der Waals surface area contributed by atoms with E-state index in [0.29, 0.717) is 17.5 Å². The first kappa shape index (κ1) is 60.3. The number of alkyl carbamates (subject to hydrolysis) is 5. The van der Waals surface area contributed by atoms with E-state index in [-0.39, 0.29) is 39.2 Å². The van der Waals surface area contributed by atoms with Crippen molar-refractivity contribution in [2.75, 3.05) is 13.2 Å². The van der Waals surface area contributed by atoms with Crippen LogP contribution in [0.1, 0.15) is 105 Å². The maximum atomic E-state index is 13.9. The number of aliphatic hydroxyl groups excluding tert-OH is 1. The lowest BCUT2D eigenvalue weighted by atomic mass is 9.83. The zero-order chi connectivity index (χ0) is 57.1. The van der Waals surface area contributed by atoms with Crippen molar-refractivity contribution in [2.24, 2.45) is 5.73 Å². The van der Waals surface area contributed by atoms with E-state index in [1.54, 1.807) is 86.6 Å². The van der Waals surface area contributed by atoms with Crippen LogP contribution in [0, 0.1) is 0 Å². The maximum absolute atomic E-state index is 13.9. The number of nitrogens with one attached hydrogen (secondary N) is 5. The Kier molecular flexibility index (Phi) is 20.4. The highest BCUT2D eigenvalue weighted by Gasteiger charge is 2.55. The minimum Gasteiger partial charge on any atom is -0.445 e. The second kappa shape index (κ2) is 26.8. The van der Waals surface area contributed by atoms with Crippen molar-refractivity contribution in [1.29, 1.82) is 0 Å². The van der Waals surface area contributed by atoms with Crippen LogP contribution >= 0.6 is 0 Å². The molecule has 3 heterocycles. The van der Waals surface area contributed by atoms with Crippen molar-refractivity contribution in [2.45, 2.75) is 197 Å². The molecular weight excluding hydrogens is 1030 g/mol. The van der Waals surface area contributed by atoms with Crippen molar-refractivity contribution in [1.82, 2.24) is 26.6 Å². The summed E-state index contributed by atoms with van der Waals surface area (Å²) >= 11 is 0. The van der Waals surface area contributed by atoms with Gasteiger partial charge in [0.25, 0.3) is 0 Å². The molecule has 79 heavy (non-hydrogen) atoms. The van der Waals surface area contributed by atoms with Gasteiger partial charge in [0.1, 0.15) is 60.5 Å². The molecule has 3 aromatic rings. The van der Waals surface area contributed by atoms with Gasteiger partial charge >= 0.3 is 30.5 Å². The molecule has 4 fully saturated rings. The molecule has 7 rings (SSSR count). The van der Waals surface area contributed by atoms with Gasteiger partial charge in [-0.25, -0.2) is 24.0 Å². The molecule has 3 saturated heterocycles. The Morgan fingerprint density at radius 1 is 0.582 bits per heavy atom. The van der Waals surface area contributed by atoms with E-state index in [9.17, 15) is 29.1 Å². The van der Waals surface area contributed by atoms with E-state index in [2.05, 4.69) is 26.6 Å². The molecular formula is C56H78N6O17. The fourth-order valence-corrected chi connectivity index (χ4v) is 9.38. The minimum absolute atomic E-state index is 0.0306. The van der Waals surface area contributed by atoms with Crippen LogP contribution in [0.5, 0.6) is 0 Å². The number of carbonyl (C=O) groups excluding carboxylic acids is 5. The average molecular weight is 1110 g/mol. The lowest BCUT2D eigenvalue weighted by molar-refractivity contribution is -0.341. The van der Waals surface area contributed by atoms with E-state index >= 15 is 0 Å². The standard InChI is InChI=1S/C56H78N6O17/c1-54(2,3)77-49(64)58-28-35-25-26-36(59-52(67)78-55(4,5)6)47(72-35)74-43-38(61-53(68)79-56(7,8)9)27-37(60-50(65)70-29-32-19-13-10-14-20-32)44(42(43)63)75-48-40(57)41(62-51(66)71-30-33-21-15-11-16-22-33)45-39(73-48)31-69-46(76-45)34-23-17-12-18-24-34/h10-24,35-48,63H,25-31,57H2,1-9H3,(H,58,64)(H,59,67)(H,60,65)(H,61,68)(H,62,66)/t35-,36+,37+,38-,39+,40+,41+,42-,43+,44-,45+,46?,47+,48+/m0/s1. The number of aliphatic hydroxyl groups is 1. The predicted octanol–water partition coefficient (Wildman–Crippen LogP) is 6.09. The van der Waals surface area contributed by atoms with Gasteiger partial charge in [0.15, 0.2) is 18.9 Å². The van der Waals surface area contributed by atoms with E-state index in [0.717, 1.165) is 5.56 Å². The first-order valence-electron chi connectivity index (χ1n) is 26.6. The number of rotatable bonds is 15. The molecule has 0 bridgehead atoms. The van der Waals surface area contributed by atoms with Gasteiger partial charge in [-0.3, -0.25) is 0 Å². The van der Waals surface area contributed by atoms with Crippen LogP contribution in [0.15, 0.2) is 91.0 Å². The second-order valence-electron chi connectivity index (χ2n) is 22.9. The highest BCUT2D eigenvalue weighted by Crippen LogP contribution is 2.37. The Hall–Kier alpha value is -6.31. The van der Waals surface area contributed by atoms with Crippen molar-refractivity contribution in [3.8, 4) is 0 Å². The summed E-state index contributed by atoms with van der Waals surface area (Å²) in [6.45, 7) is 15.1. The number of hydrogen-bond acceptors (Lipinski definition) is 18. The van der Waals surface area contributed by atoms with E-state index in [1.807, 2.05) is 66.7 Å². The average Bonchev–Trinajstić information content (AvgIpc) is 3.42. The molecule has 14 atom stereocenters. The number of amides is 5. The zero-order valence-corrected chi connectivity index (χ0v) is 46.2. The largest absolute Gasteiger partial charge is 0.445 e. The van der Waals surface area contributed by atoms with Gasteiger partial charge in [-0.2, -0.15) is 0 Å². The third-order valence-electron chi connectivity index (χ3n) is 12.8. The molecule has 23 nitrogen and oxygen atoms in total. The van der Waals surface area contributed by atoms with Gasteiger partial charge in [0.05, 0.1) is 42.9 Å². The Balaban J connectivity index is 1.21. The summed E-state index contributed by atoms with van der Waals surface area (Å²) in [5, 5.41) is 27.0. The van der Waals surface area contributed by atoms with Gasteiger partial charge in [-0.15, -0.1) is 0 Å². The minimum atomic E-state index is -1.81. The van der Waals surface area contributed by atoms with E-state index in [1.165, 1.54) is 0 Å². The Morgan fingerprint density at radius 2 is 1.06 bits per heavy atom. The summed E-state index contributed by atoms with van der Waals surface area (Å²) in [5.74, 6) is 0. The van der Waals surface area contributed by atoms with Gasteiger partial charge in [0.2, 0.25) is 0 Å². The lowest BCUT2D eigenvalue weighted by Gasteiger charge is -2.51. The highest BCUT2D eigenvalue weighted by molar-refractivity contribution is 5.70. The first-order chi connectivity index (χ1) is 37.4. The Labute approximate surface area is 460 Å². The molecule has 3 aliphatic heterocycles. The number of ether oxygens (including phenoxy) is 11. The van der Waals surface area contributed by atoms with Crippen LogP contribution in [-0.2, 0) is 65.3 Å². The molecule has 0 spiro atoms. The summed E-state index contributed by atoms with van der Waals surface area (Å²) in [6.07, 6.45) is -14.8. The van der Waals surface area contributed by atoms with Crippen LogP contribution in [0.25, 0.3) is 0 Å². The SMILES string of the molecule is CC(C)(C)OC(=O)NC[C@@H]1CC[C@@H](NC(=O)OC(C)(C)C)[C@@H](O[C@H]2[C@H](O)[C@@H](O[C@H]3O[C@@H]4COC(c5ccccc5)O[C@H]4[C@H](NC(=O)OCc4ccccc4)[C@H]3N)[C@H](NC(=O)OCc3ccccc3)C[C@@H]2NC(=O)OC(C)(C)C)O1. The van der Waals surface area contributed by atoms with Crippen molar-refractivity contribution in [3.05, 3.63) is 108 Å². The quantitative estimate of drug-likeness (QED) is 0.0847. The van der Waals surface area contributed by atoms with E-state index < -0.39 is 133 Å². The van der Waals surface area contributed by atoms with Crippen LogP contribution in [-0.4, -0.2) is 145 Å². The molecule has 0 radical (unpaired) electrons. The van der Waals surface area contributed by atoms with E-state index in [4.69, 9.17) is 57.8 Å². The number of carbonyl (C=O) groups is 5. The number of benzene rings is 3. The topological polar surface area (TPSA) is 293 Å². The Morgan fingerprint density at radius 3 is 1.61 bits per heavy atom. The smallest absolute Gasteiger partial charge is 0.408 e. The first-order valence-corrected chi connectivity index (χ1v) is 26.6. The molecule has 3 aromatic carbocycles. The van der Waals surface area contributed by atoms with Crippen molar-refractivity contribution in [3.63, 3.8) is 0 Å². The normalized spacial score (nSPS) is 29.1. The molecule has 434 valence electrons. The molecule has 5 amide bonds. The molecule has 8 N–H and O–H groups in total. The molecule has 4 aliphatic rings. The highest BCUT2D eigenvalue weighted by atomic mass is 16.8. The molecule has 1 saturated carbocycles. The predicted molar refractivity (Wildman–Crippen MR) is 283 cm³/mol. The fourth-order valence-electron chi connectivity index (χ4n) is 9.38. The fraction of sp³-hybridized carbons (Fsp3) is 0.589. The van der Waals surface area contributed by atoms with Gasteiger partial charge < -0.3 is 89.5 Å². The summed E-state index contributed by atoms with van der Waals surface area (Å²) in [4.78, 5) is 67.5. The summed E-state index contributed by atoms with van der Waals surface area (Å²) < 4.78 is 67.3. The monoisotopic (exact) mass is 1110 g/mol. The molecule has 0 aromatic heterocycles. The van der Waals surface area contributed by atoms with Gasteiger partial charge in [0, 0.05) is 12.1 Å². The summed E-state index contributed by atoms with van der Waals surface area (Å²) in [5.41, 5.74) is 6.57. The van der Waals surface area contributed by atoms with Gasteiger partial charge in [-0.1, -0.05) is 91.0 Å². The molecule has 23 heteroatoms. The van der Waals surface area contributed by atoms with Gasteiger partial charge in [-0.05, 0) is 92.7 Å². The number of fused-ring (bicyclic) bond motifs is 1. The van der Waals surface area contributed by atoms with Crippen LogP contribution in [0.2, 0.25) is 0 Å². The van der Waals surface area contributed by atoms with Crippen molar-refractivity contribution >= 4 is 30.5 Å². The lowest BCUT2D eigenvalue weighted by Crippen LogP contribution is -2.72. The zero-order valence-electron chi connectivity index (χ0n) is 46.2. The second-order valence-corrected chi connectivity index (χ2v) is 22.9. The number of hydrogen-bond donors (Lipinski definition) is 7. The molecule has 1 unspecified atom stereocenters. The Bertz CT molecular complexity index is 2460. The van der Waals surface area contributed by atoms with Crippen LogP contribution < -0.4 is 32.3 Å². The third-order valence-corrected chi connectivity index (χ3v) is 12.8. The van der Waals surface area contributed by atoms with Crippen LogP contribution in [0.3, 0.4) is 0 Å². The molecule has 1 aliphatic carbocycles. The third kappa shape index (κ3) is 18.4. The summed E-state index contributed by atoms with van der Waals surface area (Å²) in [7, 11) is 0. The number of nitrogens with two attached hydrogens (primary N) is 1. The maximum Gasteiger partial charge on any atom is 0.408 e. The van der Waals surface area contributed by atoms with Crippen molar-refractivity contribution < 1.29 is 81.2 Å². The van der Waals surface area contributed by atoms with Crippen LogP contribution in [0.4, 0.5) is 24.0 Å². The summed E-state index contributed by atoms with van der Waals surface area (Å²) in [6, 6.07) is 21.6.